The van der Waals surface area contributed by atoms with Gasteiger partial charge in [0.05, 0.1) is 30.7 Å². The number of ether oxygens (including phenoxy) is 4. The van der Waals surface area contributed by atoms with Crippen molar-refractivity contribution in [3.8, 4) is 17.2 Å². The van der Waals surface area contributed by atoms with Gasteiger partial charge >= 0.3 is 12.6 Å². The Balaban J connectivity index is 1.46. The molecule has 1 atom stereocenters. The van der Waals surface area contributed by atoms with E-state index >= 15 is 0 Å². The van der Waals surface area contributed by atoms with Gasteiger partial charge in [-0.05, 0) is 73.4 Å². The number of anilines is 1. The van der Waals surface area contributed by atoms with Gasteiger partial charge in [0.2, 0.25) is 10.0 Å². The van der Waals surface area contributed by atoms with Crippen LogP contribution in [0.2, 0.25) is 10.0 Å². The minimum Gasteiger partial charge on any atom is -0.491 e. The molecule has 236 valence electrons. The van der Waals surface area contributed by atoms with Crippen LogP contribution in [-0.2, 0) is 21.2 Å². The molecule has 44 heavy (non-hydrogen) atoms. The van der Waals surface area contributed by atoms with E-state index in [0.717, 1.165) is 31.9 Å². The second-order valence-corrected chi connectivity index (χ2v) is 13.5. The highest BCUT2D eigenvalue weighted by molar-refractivity contribution is 7.92. The highest BCUT2D eigenvalue weighted by Gasteiger charge is 2.28. The standard InChI is InChI=1S/C30H30Cl2F2N2O7S/c1-44(38,39)36-24-8-6-20(11-27(24)40-15-17-2-3-17)29(37)42-26(12-21-22(31)13-35-14-23(21)32)19-7-9-25(43-30(33)34)28(10-19)41-16-18-4-5-18/h6-11,13-14,17-18,26,30,36H,2-5,12,15-16H2,1H3/p+1/t26-/m0/s1. The molecule has 2 aliphatic rings. The molecule has 2 aromatic carbocycles. The van der Waals surface area contributed by atoms with E-state index in [1.807, 2.05) is 0 Å². The number of carbonyl (C=O) groups excluding carboxylic acids is 1. The van der Waals surface area contributed by atoms with E-state index in [1.165, 1.54) is 48.8 Å². The van der Waals surface area contributed by atoms with Crippen molar-refractivity contribution in [3.63, 3.8) is 0 Å². The summed E-state index contributed by atoms with van der Waals surface area (Å²) in [5.74, 6) is 0.0727. The maximum absolute atomic E-state index is 13.6. The molecular formula is C30H31Cl2F2N2O7S+. The van der Waals surface area contributed by atoms with Crippen molar-refractivity contribution in [2.45, 2.75) is 44.8 Å². The number of aromatic amines is 1. The summed E-state index contributed by atoms with van der Waals surface area (Å²) in [6.45, 7) is -2.36. The van der Waals surface area contributed by atoms with E-state index < -0.39 is 28.7 Å². The van der Waals surface area contributed by atoms with E-state index in [2.05, 4.69) is 14.4 Å². The number of sulfonamides is 1. The van der Waals surface area contributed by atoms with Gasteiger partial charge in [-0.1, -0.05) is 29.3 Å². The Hall–Kier alpha value is -3.35. The number of halogens is 4. The van der Waals surface area contributed by atoms with E-state index in [-0.39, 0.29) is 34.9 Å². The van der Waals surface area contributed by atoms with Gasteiger partial charge in [0.1, 0.15) is 21.9 Å². The van der Waals surface area contributed by atoms with Crippen LogP contribution in [0, 0.1) is 11.8 Å². The monoisotopic (exact) mass is 671 g/mol. The van der Waals surface area contributed by atoms with Crippen molar-refractivity contribution in [2.75, 3.05) is 24.2 Å². The van der Waals surface area contributed by atoms with Crippen molar-refractivity contribution in [3.05, 3.63) is 75.5 Å². The Morgan fingerprint density at radius 3 is 2.18 bits per heavy atom. The molecular weight excluding hydrogens is 641 g/mol. The summed E-state index contributed by atoms with van der Waals surface area (Å²) in [6.07, 6.45) is 7.10. The Kier molecular flexibility index (Phi) is 10.0. The first kappa shape index (κ1) is 32.1. The first-order valence-electron chi connectivity index (χ1n) is 14.0. The van der Waals surface area contributed by atoms with Crippen LogP contribution in [-0.4, -0.2) is 40.5 Å². The fourth-order valence-electron chi connectivity index (χ4n) is 4.35. The number of carbonyl (C=O) groups is 1. The van der Waals surface area contributed by atoms with Crippen LogP contribution in [0.25, 0.3) is 0 Å². The summed E-state index contributed by atoms with van der Waals surface area (Å²) >= 11 is 12.8. The van der Waals surface area contributed by atoms with E-state index in [4.69, 9.17) is 37.4 Å². The Labute approximate surface area is 263 Å². The number of aromatic nitrogens is 1. The lowest BCUT2D eigenvalue weighted by Crippen LogP contribution is -2.17. The van der Waals surface area contributed by atoms with E-state index in [1.54, 1.807) is 0 Å². The number of hydrogen-bond acceptors (Lipinski definition) is 7. The summed E-state index contributed by atoms with van der Waals surface area (Å²) in [7, 11) is -3.62. The zero-order chi connectivity index (χ0) is 31.4. The molecule has 0 unspecified atom stereocenters. The number of rotatable bonds is 15. The molecule has 2 N–H and O–H groups in total. The number of hydrogen-bond donors (Lipinski definition) is 1. The van der Waals surface area contributed by atoms with Gasteiger partial charge in [0.15, 0.2) is 23.9 Å². The lowest BCUT2D eigenvalue weighted by molar-refractivity contribution is -0.377. The zero-order valence-corrected chi connectivity index (χ0v) is 26.0. The average Bonchev–Trinajstić information content (AvgIpc) is 3.88. The maximum atomic E-state index is 13.6. The molecule has 0 radical (unpaired) electrons. The average molecular weight is 673 g/mol. The minimum absolute atomic E-state index is 0.0357. The predicted octanol–water partition coefficient (Wildman–Crippen LogP) is 6.50. The third kappa shape index (κ3) is 9.09. The van der Waals surface area contributed by atoms with Gasteiger partial charge < -0.3 is 18.9 Å². The molecule has 5 rings (SSSR count). The van der Waals surface area contributed by atoms with Crippen molar-refractivity contribution in [1.29, 1.82) is 0 Å². The second-order valence-electron chi connectivity index (χ2n) is 10.9. The molecule has 2 saturated carbocycles. The van der Waals surface area contributed by atoms with Crippen LogP contribution < -0.4 is 23.9 Å². The third-order valence-electron chi connectivity index (χ3n) is 7.05. The van der Waals surface area contributed by atoms with Gasteiger partial charge in [-0.25, -0.2) is 18.2 Å². The van der Waals surface area contributed by atoms with Gasteiger partial charge in [-0.2, -0.15) is 8.78 Å². The van der Waals surface area contributed by atoms with Crippen molar-refractivity contribution >= 4 is 44.9 Å². The summed E-state index contributed by atoms with van der Waals surface area (Å²) in [4.78, 5) is 16.4. The fraction of sp³-hybridized carbons (Fsp3) is 0.400. The number of H-pyrrole nitrogens is 1. The predicted molar refractivity (Wildman–Crippen MR) is 159 cm³/mol. The van der Waals surface area contributed by atoms with Crippen LogP contribution in [0.4, 0.5) is 14.5 Å². The first-order valence-corrected chi connectivity index (χ1v) is 16.6. The molecule has 1 aromatic heterocycles. The highest BCUT2D eigenvalue weighted by atomic mass is 35.5. The molecule has 1 heterocycles. The van der Waals surface area contributed by atoms with Gasteiger partial charge in [0.25, 0.3) is 0 Å². The number of benzene rings is 2. The summed E-state index contributed by atoms with van der Waals surface area (Å²) in [5, 5.41) is 0.599. The van der Waals surface area contributed by atoms with E-state index in [9.17, 15) is 22.0 Å². The summed E-state index contributed by atoms with van der Waals surface area (Å²) < 4.78 is 74.8. The van der Waals surface area contributed by atoms with Crippen LogP contribution in [0.5, 0.6) is 17.2 Å². The van der Waals surface area contributed by atoms with Gasteiger partial charge in [-0.3, -0.25) is 4.72 Å². The van der Waals surface area contributed by atoms with Crippen molar-refractivity contribution in [1.82, 2.24) is 0 Å². The van der Waals surface area contributed by atoms with Crippen LogP contribution in [0.1, 0.15) is 53.3 Å². The lowest BCUT2D eigenvalue weighted by Gasteiger charge is -2.21. The van der Waals surface area contributed by atoms with Crippen molar-refractivity contribution < 1.29 is 45.9 Å². The minimum atomic E-state index is -3.62. The normalized spacial score (nSPS) is 15.5. The number of pyridine rings is 1. The molecule has 0 saturated heterocycles. The molecule has 0 bridgehead atoms. The lowest BCUT2D eigenvalue weighted by atomic mass is 10.0. The SMILES string of the molecule is CS(=O)(=O)Nc1ccc(C(=O)O[C@@H](Cc2c(Cl)c[nH+]cc2Cl)c2ccc(OC(F)F)c(OCC3CC3)c2)cc1OCC1CC1. The number of nitrogens with one attached hydrogen (secondary N) is 2. The number of esters is 1. The topological polar surface area (TPSA) is 114 Å². The Morgan fingerprint density at radius 1 is 0.955 bits per heavy atom. The third-order valence-corrected chi connectivity index (χ3v) is 8.31. The van der Waals surface area contributed by atoms with Crippen LogP contribution >= 0.6 is 23.2 Å². The van der Waals surface area contributed by atoms with Gasteiger partial charge in [0, 0.05) is 12.0 Å². The molecule has 14 heteroatoms. The Morgan fingerprint density at radius 2 is 1.59 bits per heavy atom. The molecule has 2 aliphatic carbocycles. The molecule has 2 fully saturated rings. The van der Waals surface area contributed by atoms with Gasteiger partial charge in [-0.15, -0.1) is 0 Å². The summed E-state index contributed by atoms with van der Waals surface area (Å²) in [6, 6.07) is 8.59. The number of alkyl halides is 2. The molecule has 0 spiro atoms. The second kappa shape index (κ2) is 13.7. The maximum Gasteiger partial charge on any atom is 0.387 e. The fourth-order valence-corrected chi connectivity index (χ4v) is 5.45. The summed E-state index contributed by atoms with van der Waals surface area (Å²) in [5.41, 5.74) is 1.19. The van der Waals surface area contributed by atoms with Crippen LogP contribution in [0.3, 0.4) is 0 Å². The quantitative estimate of drug-likeness (QED) is 0.184. The molecule has 3 aromatic rings. The largest absolute Gasteiger partial charge is 0.491 e. The molecule has 0 aliphatic heterocycles. The van der Waals surface area contributed by atoms with Crippen molar-refractivity contribution in [2.24, 2.45) is 11.8 Å². The first-order chi connectivity index (χ1) is 20.9. The Bertz CT molecular complexity index is 1600. The molecule has 0 amide bonds. The smallest absolute Gasteiger partial charge is 0.387 e. The van der Waals surface area contributed by atoms with E-state index in [0.29, 0.717) is 46.2 Å². The molecule has 9 nitrogen and oxygen atoms in total. The zero-order valence-electron chi connectivity index (χ0n) is 23.7. The highest BCUT2D eigenvalue weighted by Crippen LogP contribution is 2.38. The van der Waals surface area contributed by atoms with Crippen LogP contribution in [0.15, 0.2) is 48.8 Å².